The van der Waals surface area contributed by atoms with E-state index in [-0.39, 0.29) is 12.1 Å². The van der Waals surface area contributed by atoms with Crippen LogP contribution in [-0.2, 0) is 6.54 Å². The fourth-order valence-electron chi connectivity index (χ4n) is 2.08. The molecule has 0 atom stereocenters. The molecule has 20 heavy (non-hydrogen) atoms. The van der Waals surface area contributed by atoms with E-state index in [0.29, 0.717) is 16.8 Å². The first-order valence-corrected chi connectivity index (χ1v) is 5.92. The van der Waals surface area contributed by atoms with Gasteiger partial charge >= 0.3 is 11.7 Å². The zero-order valence-electron chi connectivity index (χ0n) is 10.3. The molecule has 3 aromatic rings. The van der Waals surface area contributed by atoms with E-state index in [4.69, 9.17) is 9.52 Å². The molecule has 0 saturated carbocycles. The lowest BCUT2D eigenvalue weighted by Gasteiger charge is -2.05. The highest BCUT2D eigenvalue weighted by atomic mass is 16.4. The van der Waals surface area contributed by atoms with Crippen molar-refractivity contribution in [3.05, 3.63) is 64.3 Å². The molecule has 0 fully saturated rings. The lowest BCUT2D eigenvalue weighted by molar-refractivity contribution is 0.0695. The Bertz CT molecular complexity index is 848. The predicted octanol–water partition coefficient (Wildman–Crippen LogP) is 1.74. The molecule has 0 aliphatic rings. The Hall–Kier alpha value is -2.89. The van der Waals surface area contributed by atoms with Gasteiger partial charge in [0, 0.05) is 6.20 Å². The van der Waals surface area contributed by atoms with Gasteiger partial charge in [0.2, 0.25) is 0 Å². The molecule has 6 heteroatoms. The van der Waals surface area contributed by atoms with Crippen LogP contribution in [0.3, 0.4) is 0 Å². The largest absolute Gasteiger partial charge is 0.478 e. The number of aromatic carboxylic acids is 1. The van der Waals surface area contributed by atoms with E-state index in [2.05, 4.69) is 4.98 Å². The van der Waals surface area contributed by atoms with Crippen molar-refractivity contribution < 1.29 is 14.3 Å². The number of carboxylic acid groups (broad SMARTS) is 1. The van der Waals surface area contributed by atoms with Crippen LogP contribution in [0.25, 0.3) is 11.2 Å². The SMILES string of the molecule is O=C(O)c1ccccc1Cn1c(=O)oc2cccnc21. The topological polar surface area (TPSA) is 85.3 Å². The molecule has 1 N–H and O–H groups in total. The van der Waals surface area contributed by atoms with Crippen molar-refractivity contribution in [2.24, 2.45) is 0 Å². The first-order valence-electron chi connectivity index (χ1n) is 5.92. The van der Waals surface area contributed by atoms with Gasteiger partial charge in [-0.25, -0.2) is 14.6 Å². The molecule has 6 nitrogen and oxygen atoms in total. The predicted molar refractivity (Wildman–Crippen MR) is 70.8 cm³/mol. The lowest BCUT2D eigenvalue weighted by Crippen LogP contribution is -2.17. The van der Waals surface area contributed by atoms with E-state index in [9.17, 15) is 9.59 Å². The third kappa shape index (κ3) is 1.97. The van der Waals surface area contributed by atoms with Gasteiger partial charge in [0.1, 0.15) is 0 Å². The van der Waals surface area contributed by atoms with Crippen LogP contribution in [0.4, 0.5) is 0 Å². The zero-order chi connectivity index (χ0) is 14.1. The van der Waals surface area contributed by atoms with E-state index < -0.39 is 11.7 Å². The number of aromatic nitrogens is 2. The summed E-state index contributed by atoms with van der Waals surface area (Å²) in [6.45, 7) is 0.102. The van der Waals surface area contributed by atoms with Crippen molar-refractivity contribution in [2.75, 3.05) is 0 Å². The highest BCUT2D eigenvalue weighted by Gasteiger charge is 2.14. The van der Waals surface area contributed by atoms with E-state index in [1.165, 1.54) is 10.6 Å². The van der Waals surface area contributed by atoms with Crippen molar-refractivity contribution in [1.82, 2.24) is 9.55 Å². The van der Waals surface area contributed by atoms with Gasteiger partial charge in [0.05, 0.1) is 12.1 Å². The Morgan fingerprint density at radius 3 is 2.85 bits per heavy atom. The molecule has 0 aliphatic heterocycles. The second kappa shape index (κ2) is 4.65. The third-order valence-corrected chi connectivity index (χ3v) is 3.00. The molecule has 100 valence electrons. The van der Waals surface area contributed by atoms with Crippen LogP contribution in [-0.4, -0.2) is 20.6 Å². The van der Waals surface area contributed by atoms with Crippen molar-refractivity contribution in [1.29, 1.82) is 0 Å². The van der Waals surface area contributed by atoms with Crippen LogP contribution in [0, 0.1) is 0 Å². The number of carboxylic acids is 1. The summed E-state index contributed by atoms with van der Waals surface area (Å²) in [7, 11) is 0. The number of rotatable bonds is 3. The molecule has 0 unspecified atom stereocenters. The molecule has 2 heterocycles. The van der Waals surface area contributed by atoms with Gasteiger partial charge in [-0.2, -0.15) is 0 Å². The number of hydrogen-bond acceptors (Lipinski definition) is 4. The van der Waals surface area contributed by atoms with Crippen molar-refractivity contribution >= 4 is 17.2 Å². The minimum Gasteiger partial charge on any atom is -0.478 e. The normalized spacial score (nSPS) is 10.8. The monoisotopic (exact) mass is 270 g/mol. The van der Waals surface area contributed by atoms with Gasteiger partial charge < -0.3 is 9.52 Å². The molecule has 0 bridgehead atoms. The first kappa shape index (κ1) is 12.2. The zero-order valence-corrected chi connectivity index (χ0v) is 10.3. The molecular formula is C14H10N2O4. The summed E-state index contributed by atoms with van der Waals surface area (Å²) in [6, 6.07) is 9.84. The Balaban J connectivity index is 2.13. The molecule has 0 spiro atoms. The van der Waals surface area contributed by atoms with Crippen molar-refractivity contribution in [3.8, 4) is 0 Å². The summed E-state index contributed by atoms with van der Waals surface area (Å²) >= 11 is 0. The Morgan fingerprint density at radius 2 is 2.05 bits per heavy atom. The maximum atomic E-state index is 11.8. The fraction of sp³-hybridized carbons (Fsp3) is 0.0714. The average molecular weight is 270 g/mol. The van der Waals surface area contributed by atoms with Gasteiger partial charge in [-0.05, 0) is 23.8 Å². The van der Waals surface area contributed by atoms with Crippen LogP contribution in [0.2, 0.25) is 0 Å². The maximum absolute atomic E-state index is 11.8. The average Bonchev–Trinajstić information content (AvgIpc) is 2.76. The first-order chi connectivity index (χ1) is 9.66. The van der Waals surface area contributed by atoms with Gasteiger partial charge in [-0.15, -0.1) is 0 Å². The molecule has 2 aromatic heterocycles. The summed E-state index contributed by atoms with van der Waals surface area (Å²) in [5.41, 5.74) is 1.46. The van der Waals surface area contributed by atoms with Gasteiger partial charge in [-0.1, -0.05) is 18.2 Å². The number of fused-ring (bicyclic) bond motifs is 1. The summed E-state index contributed by atoms with van der Waals surface area (Å²) in [5.74, 6) is -1.59. The highest BCUT2D eigenvalue weighted by molar-refractivity contribution is 5.89. The molecule has 3 rings (SSSR count). The lowest BCUT2D eigenvalue weighted by atomic mass is 10.1. The second-order valence-corrected chi connectivity index (χ2v) is 4.24. The Kier molecular flexibility index (Phi) is 2.83. The number of pyridine rings is 1. The minimum atomic E-state index is -1.03. The number of carbonyl (C=O) groups is 1. The summed E-state index contributed by atoms with van der Waals surface area (Å²) in [4.78, 5) is 27.1. The van der Waals surface area contributed by atoms with Gasteiger partial charge in [0.25, 0.3) is 0 Å². The van der Waals surface area contributed by atoms with E-state index >= 15 is 0 Å². The number of oxazole rings is 1. The molecule has 0 saturated heterocycles. The van der Waals surface area contributed by atoms with Crippen LogP contribution >= 0.6 is 0 Å². The van der Waals surface area contributed by atoms with Crippen LogP contribution in [0.15, 0.2) is 51.8 Å². The Labute approximate surface area is 112 Å². The van der Waals surface area contributed by atoms with Crippen LogP contribution < -0.4 is 5.76 Å². The van der Waals surface area contributed by atoms with Gasteiger partial charge in [0.15, 0.2) is 11.2 Å². The molecule has 1 aromatic carbocycles. The molecule has 0 aliphatic carbocycles. The molecule has 0 amide bonds. The number of hydrogen-bond donors (Lipinski definition) is 1. The number of nitrogens with zero attached hydrogens (tertiary/aromatic N) is 2. The smallest absolute Gasteiger partial charge is 0.421 e. The minimum absolute atomic E-state index is 0.102. The summed E-state index contributed by atoms with van der Waals surface area (Å²) in [6.07, 6.45) is 1.55. The summed E-state index contributed by atoms with van der Waals surface area (Å²) in [5, 5.41) is 9.15. The van der Waals surface area contributed by atoms with Crippen molar-refractivity contribution in [2.45, 2.75) is 6.54 Å². The van der Waals surface area contributed by atoms with Gasteiger partial charge in [-0.3, -0.25) is 4.57 Å². The van der Waals surface area contributed by atoms with Crippen molar-refractivity contribution in [3.63, 3.8) is 0 Å². The standard InChI is InChI=1S/C14H10N2O4/c17-13(18)10-5-2-1-4-9(10)8-16-12-11(20-14(16)19)6-3-7-15-12/h1-7H,8H2,(H,17,18). The summed E-state index contributed by atoms with van der Waals surface area (Å²) < 4.78 is 6.39. The molecule has 0 radical (unpaired) electrons. The maximum Gasteiger partial charge on any atom is 0.421 e. The quantitative estimate of drug-likeness (QED) is 0.783. The molecular weight excluding hydrogens is 260 g/mol. The third-order valence-electron chi connectivity index (χ3n) is 3.00. The Morgan fingerprint density at radius 1 is 1.25 bits per heavy atom. The number of benzene rings is 1. The van der Waals surface area contributed by atoms with E-state index in [0.717, 1.165) is 0 Å². The second-order valence-electron chi connectivity index (χ2n) is 4.24. The highest BCUT2D eigenvalue weighted by Crippen LogP contribution is 2.14. The fourth-order valence-corrected chi connectivity index (χ4v) is 2.08. The van der Waals surface area contributed by atoms with Crippen LogP contribution in [0.5, 0.6) is 0 Å². The van der Waals surface area contributed by atoms with Crippen LogP contribution in [0.1, 0.15) is 15.9 Å². The van der Waals surface area contributed by atoms with E-state index in [1.807, 2.05) is 0 Å². The van der Waals surface area contributed by atoms with E-state index in [1.54, 1.807) is 36.5 Å².